The molecule has 0 bridgehead atoms. The highest BCUT2D eigenvalue weighted by Gasteiger charge is 2.29. The van der Waals surface area contributed by atoms with Crippen molar-refractivity contribution >= 4 is 5.91 Å². The van der Waals surface area contributed by atoms with Gasteiger partial charge in [0.1, 0.15) is 0 Å². The quantitative estimate of drug-likeness (QED) is 0.706. The maximum Gasteiger partial charge on any atom is 0.227 e. The number of carbonyl (C=O) groups is 1. The minimum atomic E-state index is 0.0628. The van der Waals surface area contributed by atoms with Gasteiger partial charge >= 0.3 is 0 Å². The first-order valence-corrected chi connectivity index (χ1v) is 5.21. The van der Waals surface area contributed by atoms with Crippen molar-refractivity contribution in [1.82, 2.24) is 4.90 Å². The zero-order valence-corrected chi connectivity index (χ0v) is 9.03. The third kappa shape index (κ3) is 2.96. The summed E-state index contributed by atoms with van der Waals surface area (Å²) < 4.78 is 5.37. The van der Waals surface area contributed by atoms with Crippen LogP contribution in [-0.2, 0) is 9.53 Å². The van der Waals surface area contributed by atoms with Crippen molar-refractivity contribution in [2.45, 2.75) is 25.9 Å². The number of rotatable bonds is 4. The Morgan fingerprint density at radius 3 is 2.86 bits per heavy atom. The molecule has 1 fully saturated rings. The van der Waals surface area contributed by atoms with Gasteiger partial charge in [-0.2, -0.15) is 0 Å². The van der Waals surface area contributed by atoms with Gasteiger partial charge in [-0.25, -0.2) is 0 Å². The number of hydrogen-bond donors (Lipinski definition) is 1. The van der Waals surface area contributed by atoms with Crippen LogP contribution in [0, 0.1) is 5.92 Å². The van der Waals surface area contributed by atoms with E-state index in [1.54, 1.807) is 4.90 Å². The summed E-state index contributed by atoms with van der Waals surface area (Å²) in [5.74, 6) is 0.260. The van der Waals surface area contributed by atoms with Gasteiger partial charge in [-0.3, -0.25) is 4.79 Å². The van der Waals surface area contributed by atoms with Gasteiger partial charge in [0, 0.05) is 13.6 Å². The fourth-order valence-corrected chi connectivity index (χ4v) is 1.74. The molecule has 1 aliphatic rings. The minimum absolute atomic E-state index is 0.0628. The van der Waals surface area contributed by atoms with Crippen molar-refractivity contribution in [3.63, 3.8) is 0 Å². The van der Waals surface area contributed by atoms with Gasteiger partial charge in [-0.05, 0) is 26.3 Å². The van der Waals surface area contributed by atoms with Crippen molar-refractivity contribution < 1.29 is 9.53 Å². The lowest BCUT2D eigenvalue weighted by atomic mass is 10.1. The van der Waals surface area contributed by atoms with Gasteiger partial charge in [-0.1, -0.05) is 0 Å². The maximum atomic E-state index is 11.8. The monoisotopic (exact) mass is 200 g/mol. The zero-order valence-electron chi connectivity index (χ0n) is 9.03. The van der Waals surface area contributed by atoms with Crippen molar-refractivity contribution in [2.75, 3.05) is 26.7 Å². The Morgan fingerprint density at radius 1 is 1.64 bits per heavy atom. The first-order chi connectivity index (χ1) is 6.65. The highest BCUT2D eigenvalue weighted by atomic mass is 16.5. The number of carbonyl (C=O) groups excluding carboxylic acids is 1. The smallest absolute Gasteiger partial charge is 0.227 e. The van der Waals surface area contributed by atoms with Crippen LogP contribution in [0.5, 0.6) is 0 Å². The molecule has 0 aliphatic carbocycles. The van der Waals surface area contributed by atoms with Crippen LogP contribution in [0.1, 0.15) is 19.8 Å². The largest absolute Gasteiger partial charge is 0.378 e. The Kier molecular flexibility index (Phi) is 4.35. The second-order valence-corrected chi connectivity index (χ2v) is 3.98. The average Bonchev–Trinajstić information content (AvgIpc) is 2.60. The van der Waals surface area contributed by atoms with Gasteiger partial charge in [-0.15, -0.1) is 0 Å². The van der Waals surface area contributed by atoms with E-state index in [0.29, 0.717) is 13.2 Å². The summed E-state index contributed by atoms with van der Waals surface area (Å²) in [6.45, 7) is 3.97. The number of ether oxygens (including phenoxy) is 1. The second-order valence-electron chi connectivity index (χ2n) is 3.98. The SMILES string of the molecule is CC1CC(C(=O)N(C)CCCN)CO1. The number of hydrogen-bond acceptors (Lipinski definition) is 3. The van der Waals surface area contributed by atoms with Gasteiger partial charge in [0.15, 0.2) is 0 Å². The summed E-state index contributed by atoms with van der Waals surface area (Å²) in [5.41, 5.74) is 5.39. The molecule has 2 unspecified atom stereocenters. The van der Waals surface area contributed by atoms with E-state index < -0.39 is 0 Å². The maximum absolute atomic E-state index is 11.8. The van der Waals surface area contributed by atoms with Crippen LogP contribution in [0.2, 0.25) is 0 Å². The van der Waals surface area contributed by atoms with E-state index in [1.807, 2.05) is 14.0 Å². The van der Waals surface area contributed by atoms with E-state index in [9.17, 15) is 4.79 Å². The second kappa shape index (κ2) is 5.32. The van der Waals surface area contributed by atoms with Crippen molar-refractivity contribution in [3.8, 4) is 0 Å². The molecule has 0 spiro atoms. The Morgan fingerprint density at radius 2 is 2.36 bits per heavy atom. The molecule has 1 saturated heterocycles. The molecule has 82 valence electrons. The topological polar surface area (TPSA) is 55.6 Å². The van der Waals surface area contributed by atoms with E-state index in [-0.39, 0.29) is 17.9 Å². The molecule has 14 heavy (non-hydrogen) atoms. The molecule has 0 radical (unpaired) electrons. The molecule has 1 rings (SSSR count). The van der Waals surface area contributed by atoms with Crippen LogP contribution in [0.4, 0.5) is 0 Å². The lowest BCUT2D eigenvalue weighted by Crippen LogP contribution is -2.34. The predicted octanol–water partition coefficient (Wildman–Crippen LogP) is 0.219. The molecule has 0 saturated carbocycles. The zero-order chi connectivity index (χ0) is 10.6. The fourth-order valence-electron chi connectivity index (χ4n) is 1.74. The van der Waals surface area contributed by atoms with Gasteiger partial charge in [0.25, 0.3) is 0 Å². The Balaban J connectivity index is 2.32. The standard InChI is InChI=1S/C10H20N2O2/c1-8-6-9(7-14-8)10(13)12(2)5-3-4-11/h8-9H,3-7,11H2,1-2H3. The van der Waals surface area contributed by atoms with Gasteiger partial charge < -0.3 is 15.4 Å². The van der Waals surface area contributed by atoms with Crippen LogP contribution in [0.15, 0.2) is 0 Å². The molecule has 2 atom stereocenters. The highest BCUT2D eigenvalue weighted by Crippen LogP contribution is 2.20. The van der Waals surface area contributed by atoms with Gasteiger partial charge in [0.05, 0.1) is 18.6 Å². The first kappa shape index (κ1) is 11.5. The molecular weight excluding hydrogens is 180 g/mol. The first-order valence-electron chi connectivity index (χ1n) is 5.21. The van der Waals surface area contributed by atoms with Crippen LogP contribution in [0.25, 0.3) is 0 Å². The average molecular weight is 200 g/mol. The van der Waals surface area contributed by atoms with E-state index >= 15 is 0 Å². The van der Waals surface area contributed by atoms with Crippen LogP contribution in [0.3, 0.4) is 0 Å². The number of nitrogens with two attached hydrogens (primary N) is 1. The molecule has 0 aromatic carbocycles. The number of amides is 1. The summed E-state index contributed by atoms with van der Waals surface area (Å²) in [6.07, 6.45) is 1.95. The van der Waals surface area contributed by atoms with Crippen molar-refractivity contribution in [3.05, 3.63) is 0 Å². The molecular formula is C10H20N2O2. The van der Waals surface area contributed by atoms with E-state index in [0.717, 1.165) is 19.4 Å². The molecule has 1 amide bonds. The third-order valence-electron chi connectivity index (χ3n) is 2.62. The summed E-state index contributed by atoms with van der Waals surface area (Å²) in [6, 6.07) is 0. The molecule has 4 nitrogen and oxygen atoms in total. The molecule has 1 heterocycles. The van der Waals surface area contributed by atoms with E-state index in [4.69, 9.17) is 10.5 Å². The van der Waals surface area contributed by atoms with E-state index in [1.165, 1.54) is 0 Å². The molecule has 0 aromatic rings. The fraction of sp³-hybridized carbons (Fsp3) is 0.900. The summed E-state index contributed by atoms with van der Waals surface area (Å²) >= 11 is 0. The lowest BCUT2D eigenvalue weighted by Gasteiger charge is -2.19. The predicted molar refractivity (Wildman–Crippen MR) is 54.8 cm³/mol. The minimum Gasteiger partial charge on any atom is -0.378 e. The molecule has 4 heteroatoms. The van der Waals surface area contributed by atoms with Crippen LogP contribution < -0.4 is 5.73 Å². The Bertz CT molecular complexity index is 197. The highest BCUT2D eigenvalue weighted by molar-refractivity contribution is 5.79. The van der Waals surface area contributed by atoms with Gasteiger partial charge in [0.2, 0.25) is 5.91 Å². The van der Waals surface area contributed by atoms with Crippen molar-refractivity contribution in [2.24, 2.45) is 11.7 Å². The molecule has 1 aliphatic heterocycles. The summed E-state index contributed by atoms with van der Waals surface area (Å²) in [7, 11) is 1.83. The summed E-state index contributed by atoms with van der Waals surface area (Å²) in [4.78, 5) is 13.6. The molecule has 2 N–H and O–H groups in total. The lowest BCUT2D eigenvalue weighted by molar-refractivity contribution is -0.134. The van der Waals surface area contributed by atoms with Crippen LogP contribution >= 0.6 is 0 Å². The van der Waals surface area contributed by atoms with E-state index in [2.05, 4.69) is 0 Å². The Labute approximate surface area is 85.4 Å². The third-order valence-corrected chi connectivity index (χ3v) is 2.62. The van der Waals surface area contributed by atoms with Crippen LogP contribution in [-0.4, -0.2) is 43.7 Å². The molecule has 0 aromatic heterocycles. The Hall–Kier alpha value is -0.610. The van der Waals surface area contributed by atoms with Crippen molar-refractivity contribution in [1.29, 1.82) is 0 Å². The normalized spacial score (nSPS) is 26.5. The number of nitrogens with zero attached hydrogens (tertiary/aromatic N) is 1. The summed E-state index contributed by atoms with van der Waals surface area (Å²) in [5, 5.41) is 0.